The topological polar surface area (TPSA) is 38.5 Å². The lowest BCUT2D eigenvalue weighted by Crippen LogP contribution is -2.37. The quantitative estimate of drug-likeness (QED) is 0.808. The van der Waals surface area contributed by atoms with E-state index in [0.29, 0.717) is 6.10 Å². The van der Waals surface area contributed by atoms with E-state index in [0.717, 1.165) is 42.3 Å². The van der Waals surface area contributed by atoms with E-state index in [4.69, 9.17) is 22.1 Å². The summed E-state index contributed by atoms with van der Waals surface area (Å²) in [5.41, 5.74) is 7.69. The first kappa shape index (κ1) is 11.6. The molecule has 1 heterocycles. The van der Waals surface area contributed by atoms with E-state index in [9.17, 15) is 0 Å². The number of anilines is 2. The van der Waals surface area contributed by atoms with Crippen LogP contribution in [0.2, 0.25) is 5.02 Å². The first-order chi connectivity index (χ1) is 7.72. The summed E-state index contributed by atoms with van der Waals surface area (Å²) < 4.78 is 5.34. The lowest BCUT2D eigenvalue weighted by molar-refractivity contribution is 0.0819. The number of halogens is 1. The molecule has 88 valence electrons. The van der Waals surface area contributed by atoms with E-state index in [1.807, 2.05) is 18.2 Å². The average Bonchev–Trinajstić information content (AvgIpc) is 2.30. The minimum Gasteiger partial charge on any atom is -0.397 e. The molecule has 0 aromatic heterocycles. The van der Waals surface area contributed by atoms with Crippen molar-refractivity contribution >= 4 is 23.0 Å². The Morgan fingerprint density at radius 3 is 2.62 bits per heavy atom. The molecule has 1 aromatic carbocycles. The van der Waals surface area contributed by atoms with Crippen molar-refractivity contribution in [1.82, 2.24) is 0 Å². The fourth-order valence-corrected chi connectivity index (χ4v) is 2.48. The molecule has 4 heteroatoms. The van der Waals surface area contributed by atoms with Gasteiger partial charge in [-0.15, -0.1) is 0 Å². The molecule has 2 N–H and O–H groups in total. The second kappa shape index (κ2) is 4.93. The van der Waals surface area contributed by atoms with E-state index in [2.05, 4.69) is 4.90 Å². The van der Waals surface area contributed by atoms with Gasteiger partial charge in [0.2, 0.25) is 0 Å². The third kappa shape index (κ3) is 2.25. The summed E-state index contributed by atoms with van der Waals surface area (Å²) >= 11 is 6.18. The van der Waals surface area contributed by atoms with Crippen molar-refractivity contribution in [1.29, 1.82) is 0 Å². The Kier molecular flexibility index (Phi) is 3.56. The fraction of sp³-hybridized carbons (Fsp3) is 0.500. The number of nitrogens with zero attached hydrogens (tertiary/aromatic N) is 1. The molecule has 0 spiro atoms. The maximum Gasteiger partial charge on any atom is 0.0789 e. The molecule has 0 atom stereocenters. The van der Waals surface area contributed by atoms with E-state index >= 15 is 0 Å². The first-order valence-corrected chi connectivity index (χ1v) is 5.92. The van der Waals surface area contributed by atoms with Crippen LogP contribution in [0.5, 0.6) is 0 Å². The first-order valence-electron chi connectivity index (χ1n) is 5.54. The lowest BCUT2D eigenvalue weighted by atomic mass is 10.1. The molecule has 0 saturated carbocycles. The molecule has 0 amide bonds. The zero-order valence-electron chi connectivity index (χ0n) is 9.45. The van der Waals surface area contributed by atoms with Gasteiger partial charge in [0.1, 0.15) is 0 Å². The van der Waals surface area contributed by atoms with Crippen molar-refractivity contribution in [2.24, 2.45) is 0 Å². The number of hydrogen-bond donors (Lipinski definition) is 1. The Balaban J connectivity index is 2.14. The molecule has 0 aliphatic carbocycles. The predicted octanol–water partition coefficient (Wildman–Crippen LogP) is 2.54. The molecular weight excluding hydrogens is 224 g/mol. The van der Waals surface area contributed by atoms with Gasteiger partial charge in [0, 0.05) is 20.2 Å². The number of hydrogen-bond acceptors (Lipinski definition) is 3. The molecule has 1 saturated heterocycles. The van der Waals surface area contributed by atoms with E-state index in [1.165, 1.54) is 0 Å². The Bertz CT molecular complexity index is 342. The maximum atomic E-state index is 6.18. The van der Waals surface area contributed by atoms with Crippen LogP contribution in [0.25, 0.3) is 0 Å². The van der Waals surface area contributed by atoms with E-state index in [1.54, 1.807) is 7.11 Å². The second-order valence-corrected chi connectivity index (χ2v) is 4.51. The van der Waals surface area contributed by atoms with Gasteiger partial charge in [-0.3, -0.25) is 0 Å². The van der Waals surface area contributed by atoms with Crippen molar-refractivity contribution < 1.29 is 4.74 Å². The summed E-state index contributed by atoms with van der Waals surface area (Å²) in [6, 6.07) is 5.66. The van der Waals surface area contributed by atoms with Gasteiger partial charge >= 0.3 is 0 Å². The van der Waals surface area contributed by atoms with Crippen LogP contribution in [0.15, 0.2) is 18.2 Å². The third-order valence-corrected chi connectivity index (χ3v) is 3.41. The highest BCUT2D eigenvalue weighted by Crippen LogP contribution is 2.33. The predicted molar refractivity (Wildman–Crippen MR) is 68.1 cm³/mol. The smallest absolute Gasteiger partial charge is 0.0789 e. The van der Waals surface area contributed by atoms with Crippen molar-refractivity contribution in [2.75, 3.05) is 30.8 Å². The normalized spacial score (nSPS) is 17.8. The summed E-state index contributed by atoms with van der Waals surface area (Å²) in [7, 11) is 1.77. The molecule has 0 unspecified atom stereocenters. The summed E-state index contributed by atoms with van der Waals surface area (Å²) in [4.78, 5) is 2.24. The van der Waals surface area contributed by atoms with Gasteiger partial charge in [0.15, 0.2) is 0 Å². The van der Waals surface area contributed by atoms with Gasteiger partial charge in [-0.2, -0.15) is 0 Å². The van der Waals surface area contributed by atoms with Gasteiger partial charge in [-0.1, -0.05) is 17.7 Å². The van der Waals surface area contributed by atoms with Crippen LogP contribution in [0.4, 0.5) is 11.4 Å². The lowest BCUT2D eigenvalue weighted by Gasteiger charge is -2.34. The van der Waals surface area contributed by atoms with Crippen molar-refractivity contribution in [3.63, 3.8) is 0 Å². The zero-order valence-corrected chi connectivity index (χ0v) is 10.2. The Morgan fingerprint density at radius 1 is 1.38 bits per heavy atom. The minimum atomic E-state index is 0.375. The minimum absolute atomic E-state index is 0.375. The molecule has 1 aliphatic rings. The van der Waals surface area contributed by atoms with Crippen LogP contribution < -0.4 is 10.6 Å². The molecule has 0 radical (unpaired) electrons. The fourth-order valence-electron chi connectivity index (χ4n) is 2.18. The van der Waals surface area contributed by atoms with Crippen LogP contribution in [0.1, 0.15) is 12.8 Å². The molecule has 1 aromatic rings. The van der Waals surface area contributed by atoms with Crippen LogP contribution in [-0.2, 0) is 4.74 Å². The third-order valence-electron chi connectivity index (χ3n) is 3.11. The number of piperidine rings is 1. The number of nitrogen functional groups attached to an aromatic ring is 1. The van der Waals surface area contributed by atoms with Gasteiger partial charge in [0.25, 0.3) is 0 Å². The number of methoxy groups -OCH3 is 1. The van der Waals surface area contributed by atoms with Crippen molar-refractivity contribution in [3.05, 3.63) is 23.2 Å². The standard InChI is InChI=1S/C12H17ClN2O/c1-16-9-5-7-15(8-6-9)12-10(13)3-2-4-11(12)14/h2-4,9H,5-8,14H2,1H3. The summed E-state index contributed by atoms with van der Waals surface area (Å²) in [5, 5.41) is 0.732. The number of ether oxygens (including phenoxy) is 1. The number of benzene rings is 1. The summed E-state index contributed by atoms with van der Waals surface area (Å²) in [5.74, 6) is 0. The Morgan fingerprint density at radius 2 is 2.06 bits per heavy atom. The monoisotopic (exact) mass is 240 g/mol. The average molecular weight is 241 g/mol. The molecule has 1 fully saturated rings. The van der Waals surface area contributed by atoms with Crippen molar-refractivity contribution in [2.45, 2.75) is 18.9 Å². The van der Waals surface area contributed by atoms with E-state index < -0.39 is 0 Å². The van der Waals surface area contributed by atoms with Gasteiger partial charge in [-0.05, 0) is 25.0 Å². The van der Waals surface area contributed by atoms with Crippen LogP contribution >= 0.6 is 11.6 Å². The van der Waals surface area contributed by atoms with Gasteiger partial charge in [-0.25, -0.2) is 0 Å². The SMILES string of the molecule is COC1CCN(c2c(N)cccc2Cl)CC1. The van der Waals surface area contributed by atoms with Gasteiger partial charge in [0.05, 0.1) is 22.5 Å². The van der Waals surface area contributed by atoms with Crippen LogP contribution in [0, 0.1) is 0 Å². The van der Waals surface area contributed by atoms with Crippen molar-refractivity contribution in [3.8, 4) is 0 Å². The zero-order chi connectivity index (χ0) is 11.5. The largest absolute Gasteiger partial charge is 0.397 e. The molecule has 0 bridgehead atoms. The highest BCUT2D eigenvalue weighted by Gasteiger charge is 2.21. The molecular formula is C12H17ClN2O. The highest BCUT2D eigenvalue weighted by molar-refractivity contribution is 6.34. The summed E-state index contributed by atoms with van der Waals surface area (Å²) in [6.45, 7) is 1.90. The Labute approximate surface area is 101 Å². The van der Waals surface area contributed by atoms with Crippen LogP contribution in [0.3, 0.4) is 0 Å². The number of nitrogens with two attached hydrogens (primary N) is 1. The maximum absolute atomic E-state index is 6.18. The molecule has 16 heavy (non-hydrogen) atoms. The van der Waals surface area contributed by atoms with Gasteiger partial charge < -0.3 is 15.4 Å². The van der Waals surface area contributed by atoms with Crippen LogP contribution in [-0.4, -0.2) is 26.3 Å². The highest BCUT2D eigenvalue weighted by atomic mass is 35.5. The molecule has 1 aliphatic heterocycles. The molecule has 3 nitrogen and oxygen atoms in total. The molecule has 2 rings (SSSR count). The van der Waals surface area contributed by atoms with E-state index in [-0.39, 0.29) is 0 Å². The Hall–Kier alpha value is -0.930. The summed E-state index contributed by atoms with van der Waals surface area (Å²) in [6.07, 6.45) is 2.43. The number of para-hydroxylation sites is 1. The number of rotatable bonds is 2. The second-order valence-electron chi connectivity index (χ2n) is 4.10.